The highest BCUT2D eigenvalue weighted by Crippen LogP contribution is 2.31. The number of nitrogens with zero attached hydrogens (tertiary/aromatic N) is 1. The molecule has 1 aromatic carbocycles. The van der Waals surface area contributed by atoms with Crippen molar-refractivity contribution in [2.75, 3.05) is 0 Å². The molecule has 2 nitrogen and oxygen atoms in total. The van der Waals surface area contributed by atoms with Crippen molar-refractivity contribution in [3.05, 3.63) is 35.4 Å². The number of hydrogen-bond donors (Lipinski definition) is 1. The van der Waals surface area contributed by atoms with Gasteiger partial charge in [0.05, 0.1) is 5.71 Å². The van der Waals surface area contributed by atoms with Gasteiger partial charge in [-0.1, -0.05) is 35.0 Å². The zero-order valence-corrected chi connectivity index (χ0v) is 9.11. The molecule has 0 radical (unpaired) electrons. The van der Waals surface area contributed by atoms with Gasteiger partial charge < -0.3 is 5.21 Å². The van der Waals surface area contributed by atoms with Crippen LogP contribution in [0, 0.1) is 6.92 Å². The Bertz CT molecular complexity index is 353. The van der Waals surface area contributed by atoms with E-state index in [9.17, 15) is 0 Å². The second-order valence-corrected chi connectivity index (χ2v) is 4.37. The van der Waals surface area contributed by atoms with Gasteiger partial charge in [0.25, 0.3) is 0 Å². The predicted octanol–water partition coefficient (Wildman–Crippen LogP) is 3.48. The van der Waals surface area contributed by atoms with Crippen LogP contribution in [0.5, 0.6) is 0 Å². The predicted molar refractivity (Wildman–Crippen MR) is 61.6 cm³/mol. The second kappa shape index (κ2) is 4.47. The molecule has 0 aromatic heterocycles. The van der Waals surface area contributed by atoms with E-state index in [1.807, 2.05) is 0 Å². The highest BCUT2D eigenvalue weighted by molar-refractivity contribution is 5.85. The van der Waals surface area contributed by atoms with Crippen LogP contribution in [0.1, 0.15) is 42.7 Å². The number of benzene rings is 1. The Labute approximate surface area is 90.6 Å². The Kier molecular flexibility index (Phi) is 3.05. The molecule has 0 aliphatic heterocycles. The smallest absolute Gasteiger partial charge is 0.0576 e. The Morgan fingerprint density at radius 3 is 2.67 bits per heavy atom. The zero-order valence-electron chi connectivity index (χ0n) is 9.11. The van der Waals surface area contributed by atoms with E-state index in [1.54, 1.807) is 0 Å². The van der Waals surface area contributed by atoms with Crippen LogP contribution in [0.15, 0.2) is 29.4 Å². The molecule has 15 heavy (non-hydrogen) atoms. The molecule has 1 unspecified atom stereocenters. The largest absolute Gasteiger partial charge is 0.411 e. The number of hydrogen-bond acceptors (Lipinski definition) is 2. The van der Waals surface area contributed by atoms with E-state index in [0.29, 0.717) is 5.92 Å². The van der Waals surface area contributed by atoms with Crippen molar-refractivity contribution >= 4 is 5.71 Å². The fourth-order valence-corrected chi connectivity index (χ4v) is 2.26. The Morgan fingerprint density at radius 2 is 2.00 bits per heavy atom. The maximum Gasteiger partial charge on any atom is 0.0576 e. The number of aryl methyl sites for hydroxylation is 1. The standard InChI is InChI=1S/C13H17NO/c1-10-5-7-11(8-6-10)12-3-2-4-13(9-12)14-15/h5-8,12,15H,2-4,9H2,1H3/b14-13+. The molecule has 2 rings (SSSR count). The van der Waals surface area contributed by atoms with Crippen LogP contribution in [-0.4, -0.2) is 10.9 Å². The van der Waals surface area contributed by atoms with Gasteiger partial charge in [0.15, 0.2) is 0 Å². The van der Waals surface area contributed by atoms with Crippen LogP contribution in [0.25, 0.3) is 0 Å². The van der Waals surface area contributed by atoms with E-state index >= 15 is 0 Å². The lowest BCUT2D eigenvalue weighted by Crippen LogP contribution is -2.13. The lowest BCUT2D eigenvalue weighted by molar-refractivity contribution is 0.313. The SMILES string of the molecule is Cc1ccc(C2CCC/C(=N\O)C2)cc1. The van der Waals surface area contributed by atoms with Crippen LogP contribution in [-0.2, 0) is 0 Å². The molecule has 1 atom stereocenters. The molecule has 1 aromatic rings. The minimum absolute atomic E-state index is 0.547. The summed E-state index contributed by atoms with van der Waals surface area (Å²) < 4.78 is 0. The van der Waals surface area contributed by atoms with Crippen molar-refractivity contribution in [2.24, 2.45) is 5.16 Å². The van der Waals surface area contributed by atoms with Crippen molar-refractivity contribution in [3.63, 3.8) is 0 Å². The first kappa shape index (κ1) is 10.2. The highest BCUT2D eigenvalue weighted by Gasteiger charge is 2.19. The second-order valence-electron chi connectivity index (χ2n) is 4.37. The van der Waals surface area contributed by atoms with Gasteiger partial charge in [-0.3, -0.25) is 0 Å². The number of oxime groups is 1. The van der Waals surface area contributed by atoms with E-state index in [0.717, 1.165) is 25.0 Å². The number of rotatable bonds is 1. The maximum atomic E-state index is 8.79. The Hall–Kier alpha value is -1.31. The van der Waals surface area contributed by atoms with Crippen molar-refractivity contribution in [3.8, 4) is 0 Å². The fraction of sp³-hybridized carbons (Fsp3) is 0.462. The molecule has 1 saturated carbocycles. The van der Waals surface area contributed by atoms with Crippen LogP contribution < -0.4 is 0 Å². The lowest BCUT2D eigenvalue weighted by Gasteiger charge is -2.22. The first-order valence-corrected chi connectivity index (χ1v) is 5.56. The molecule has 0 saturated heterocycles. The molecule has 0 amide bonds. The van der Waals surface area contributed by atoms with Gasteiger partial charge in [-0.25, -0.2) is 0 Å². The van der Waals surface area contributed by atoms with Crippen molar-refractivity contribution in [1.82, 2.24) is 0 Å². The Balaban J connectivity index is 2.13. The third-order valence-corrected chi connectivity index (χ3v) is 3.19. The summed E-state index contributed by atoms with van der Waals surface area (Å²) in [6.07, 6.45) is 4.22. The van der Waals surface area contributed by atoms with Gasteiger partial charge in [0.2, 0.25) is 0 Å². The molecule has 80 valence electrons. The summed E-state index contributed by atoms with van der Waals surface area (Å²) in [5.41, 5.74) is 3.62. The Morgan fingerprint density at radius 1 is 1.27 bits per heavy atom. The van der Waals surface area contributed by atoms with Crippen molar-refractivity contribution in [2.45, 2.75) is 38.5 Å². The van der Waals surface area contributed by atoms with Gasteiger partial charge in [-0.15, -0.1) is 0 Å². The molecule has 1 aliphatic rings. The summed E-state index contributed by atoms with van der Waals surface area (Å²) in [6, 6.07) is 8.69. The van der Waals surface area contributed by atoms with E-state index in [-0.39, 0.29) is 0 Å². The summed E-state index contributed by atoms with van der Waals surface area (Å²) in [6.45, 7) is 2.10. The molecule has 1 fully saturated rings. The highest BCUT2D eigenvalue weighted by atomic mass is 16.4. The van der Waals surface area contributed by atoms with Crippen molar-refractivity contribution < 1.29 is 5.21 Å². The monoisotopic (exact) mass is 203 g/mol. The van der Waals surface area contributed by atoms with E-state index in [1.165, 1.54) is 17.5 Å². The first-order chi connectivity index (χ1) is 7.29. The lowest BCUT2D eigenvalue weighted by atomic mass is 9.83. The van der Waals surface area contributed by atoms with Crippen LogP contribution in [0.4, 0.5) is 0 Å². The summed E-state index contributed by atoms with van der Waals surface area (Å²) in [7, 11) is 0. The zero-order chi connectivity index (χ0) is 10.7. The van der Waals surface area contributed by atoms with E-state index in [2.05, 4.69) is 36.3 Å². The van der Waals surface area contributed by atoms with Gasteiger partial charge in [0, 0.05) is 0 Å². The molecule has 2 heteroatoms. The molecule has 1 N–H and O–H groups in total. The average molecular weight is 203 g/mol. The molecular formula is C13H17NO. The van der Waals surface area contributed by atoms with Gasteiger partial charge in [-0.05, 0) is 44.1 Å². The topological polar surface area (TPSA) is 32.6 Å². The first-order valence-electron chi connectivity index (χ1n) is 5.56. The molecule has 1 aliphatic carbocycles. The average Bonchev–Trinajstić information content (AvgIpc) is 2.30. The normalized spacial score (nSPS) is 24.3. The summed E-state index contributed by atoms with van der Waals surface area (Å²) >= 11 is 0. The molecule has 0 heterocycles. The summed E-state index contributed by atoms with van der Waals surface area (Å²) in [5, 5.41) is 12.1. The van der Waals surface area contributed by atoms with Crippen molar-refractivity contribution in [1.29, 1.82) is 0 Å². The fourth-order valence-electron chi connectivity index (χ4n) is 2.26. The molecular weight excluding hydrogens is 186 g/mol. The summed E-state index contributed by atoms with van der Waals surface area (Å²) in [5.74, 6) is 0.547. The van der Waals surface area contributed by atoms with Crippen LogP contribution in [0.2, 0.25) is 0 Å². The van der Waals surface area contributed by atoms with Gasteiger partial charge in [-0.2, -0.15) is 0 Å². The minimum Gasteiger partial charge on any atom is -0.411 e. The maximum absolute atomic E-state index is 8.79. The van der Waals surface area contributed by atoms with Crippen LogP contribution >= 0.6 is 0 Å². The molecule has 0 spiro atoms. The third kappa shape index (κ3) is 2.38. The van der Waals surface area contributed by atoms with Crippen LogP contribution in [0.3, 0.4) is 0 Å². The quantitative estimate of drug-likeness (QED) is 0.550. The van der Waals surface area contributed by atoms with Gasteiger partial charge >= 0.3 is 0 Å². The summed E-state index contributed by atoms with van der Waals surface area (Å²) in [4.78, 5) is 0. The third-order valence-electron chi connectivity index (χ3n) is 3.19. The van der Waals surface area contributed by atoms with E-state index < -0.39 is 0 Å². The van der Waals surface area contributed by atoms with E-state index in [4.69, 9.17) is 5.21 Å². The molecule has 0 bridgehead atoms. The minimum atomic E-state index is 0.547. The van der Waals surface area contributed by atoms with Gasteiger partial charge in [0.1, 0.15) is 0 Å².